The minimum Gasteiger partial charge on any atom is -0.468 e. The number of amides is 1. The van der Waals surface area contributed by atoms with Crippen LogP contribution in [0.15, 0.2) is 55.0 Å². The SMILES string of the molecule is Cn1nc(NC(=O)COc2ccc(-c3cnc4ccccn34)cn2)cc1C(F)(F)F. The molecule has 0 unspecified atom stereocenters. The van der Waals surface area contributed by atoms with Crippen LogP contribution in [0.1, 0.15) is 5.69 Å². The molecule has 0 atom stereocenters. The number of carbonyl (C=O) groups excluding carboxylic acids is 1. The minimum absolute atomic E-state index is 0.194. The Labute approximate surface area is 167 Å². The molecule has 0 spiro atoms. The third-order valence-electron chi connectivity index (χ3n) is 4.24. The number of alkyl halides is 3. The van der Waals surface area contributed by atoms with E-state index in [1.54, 1.807) is 24.5 Å². The fraction of sp³-hybridized carbons (Fsp3) is 0.158. The average molecular weight is 416 g/mol. The molecule has 4 rings (SSSR count). The van der Waals surface area contributed by atoms with Crippen LogP contribution < -0.4 is 10.1 Å². The number of hydrogen-bond acceptors (Lipinski definition) is 5. The molecular formula is C19H15F3N6O2. The molecular weight excluding hydrogens is 401 g/mol. The summed E-state index contributed by atoms with van der Waals surface area (Å²) in [5.74, 6) is -0.677. The van der Waals surface area contributed by atoms with E-state index in [4.69, 9.17) is 4.74 Å². The van der Waals surface area contributed by atoms with Crippen molar-refractivity contribution in [1.82, 2.24) is 24.1 Å². The van der Waals surface area contributed by atoms with E-state index in [1.807, 2.05) is 28.8 Å². The molecule has 1 N–H and O–H groups in total. The summed E-state index contributed by atoms with van der Waals surface area (Å²) in [4.78, 5) is 20.4. The van der Waals surface area contributed by atoms with Gasteiger partial charge >= 0.3 is 6.18 Å². The van der Waals surface area contributed by atoms with Gasteiger partial charge in [-0.1, -0.05) is 6.07 Å². The molecule has 0 aliphatic heterocycles. The number of nitrogens with zero attached hydrogens (tertiary/aromatic N) is 5. The summed E-state index contributed by atoms with van der Waals surface area (Å²) in [6.07, 6.45) is 0.627. The molecule has 0 radical (unpaired) electrons. The fourth-order valence-electron chi connectivity index (χ4n) is 2.88. The highest BCUT2D eigenvalue weighted by Gasteiger charge is 2.35. The number of halogens is 3. The van der Waals surface area contributed by atoms with Gasteiger partial charge < -0.3 is 10.1 Å². The summed E-state index contributed by atoms with van der Waals surface area (Å²) < 4.78 is 46.2. The molecule has 11 heteroatoms. The van der Waals surface area contributed by atoms with Gasteiger partial charge in [0.15, 0.2) is 12.4 Å². The second-order valence-electron chi connectivity index (χ2n) is 6.33. The van der Waals surface area contributed by atoms with Gasteiger partial charge in [0.2, 0.25) is 5.88 Å². The maximum atomic E-state index is 12.8. The van der Waals surface area contributed by atoms with Gasteiger partial charge in [-0.2, -0.15) is 18.3 Å². The van der Waals surface area contributed by atoms with Crippen LogP contribution in [0.5, 0.6) is 5.88 Å². The summed E-state index contributed by atoms with van der Waals surface area (Å²) in [7, 11) is 1.14. The summed E-state index contributed by atoms with van der Waals surface area (Å²) in [6, 6.07) is 9.77. The van der Waals surface area contributed by atoms with Gasteiger partial charge in [0, 0.05) is 37.1 Å². The second kappa shape index (κ2) is 7.50. The Hall–Kier alpha value is -3.89. The lowest BCUT2D eigenvalue weighted by atomic mass is 10.2. The Balaban J connectivity index is 1.38. The number of aryl methyl sites for hydroxylation is 1. The van der Waals surface area contributed by atoms with Gasteiger partial charge in [-0.15, -0.1) is 0 Å². The van der Waals surface area contributed by atoms with Crippen LogP contribution in [0.3, 0.4) is 0 Å². The van der Waals surface area contributed by atoms with Crippen LogP contribution in [0.2, 0.25) is 0 Å². The molecule has 0 aliphatic carbocycles. The van der Waals surface area contributed by atoms with Crippen LogP contribution in [-0.2, 0) is 18.0 Å². The van der Waals surface area contributed by atoms with E-state index in [-0.39, 0.29) is 11.7 Å². The number of aromatic nitrogens is 5. The molecule has 0 fully saturated rings. The molecule has 154 valence electrons. The molecule has 0 saturated heterocycles. The highest BCUT2D eigenvalue weighted by molar-refractivity contribution is 5.91. The van der Waals surface area contributed by atoms with Crippen molar-refractivity contribution in [1.29, 1.82) is 0 Å². The van der Waals surface area contributed by atoms with E-state index in [0.29, 0.717) is 4.68 Å². The van der Waals surface area contributed by atoms with Gasteiger partial charge in [0.25, 0.3) is 5.91 Å². The largest absolute Gasteiger partial charge is 0.468 e. The number of imidazole rings is 1. The number of carbonyl (C=O) groups is 1. The van der Waals surface area contributed by atoms with Gasteiger partial charge in [0.1, 0.15) is 11.3 Å². The fourth-order valence-corrected chi connectivity index (χ4v) is 2.88. The number of anilines is 1. The van der Waals surface area contributed by atoms with Crippen LogP contribution >= 0.6 is 0 Å². The van der Waals surface area contributed by atoms with Crippen molar-refractivity contribution in [3.05, 3.63) is 60.7 Å². The lowest BCUT2D eigenvalue weighted by molar-refractivity contribution is -0.143. The van der Waals surface area contributed by atoms with E-state index >= 15 is 0 Å². The van der Waals surface area contributed by atoms with Crippen molar-refractivity contribution in [2.45, 2.75) is 6.18 Å². The molecule has 4 aromatic heterocycles. The Bertz CT molecular complexity index is 1200. The zero-order chi connectivity index (χ0) is 21.3. The molecule has 0 bridgehead atoms. The molecule has 4 aromatic rings. The molecule has 30 heavy (non-hydrogen) atoms. The third kappa shape index (κ3) is 3.95. The molecule has 4 heterocycles. The minimum atomic E-state index is -4.56. The van der Waals surface area contributed by atoms with Crippen molar-refractivity contribution in [2.75, 3.05) is 11.9 Å². The lowest BCUT2D eigenvalue weighted by Gasteiger charge is -2.06. The highest BCUT2D eigenvalue weighted by atomic mass is 19.4. The topological polar surface area (TPSA) is 86.3 Å². The number of rotatable bonds is 5. The summed E-state index contributed by atoms with van der Waals surface area (Å²) in [6.45, 7) is -0.431. The van der Waals surface area contributed by atoms with E-state index in [0.717, 1.165) is 30.0 Å². The summed E-state index contributed by atoms with van der Waals surface area (Å²) >= 11 is 0. The molecule has 0 saturated carbocycles. The first-order valence-electron chi connectivity index (χ1n) is 8.73. The quantitative estimate of drug-likeness (QED) is 0.540. The van der Waals surface area contributed by atoms with Crippen molar-refractivity contribution < 1.29 is 22.7 Å². The molecule has 0 aromatic carbocycles. The molecule has 8 nitrogen and oxygen atoms in total. The standard InChI is InChI=1S/C19H15F3N6O2/c1-27-14(19(20,21)22)8-15(26-27)25-17(29)11-30-18-6-5-12(9-24-18)13-10-23-16-4-2-3-7-28(13)16/h2-10H,11H2,1H3,(H,25,26,29). The Kier molecular flexibility index (Phi) is 4.86. The van der Waals surface area contributed by atoms with Crippen molar-refractivity contribution in [3.63, 3.8) is 0 Å². The number of pyridine rings is 2. The smallest absolute Gasteiger partial charge is 0.433 e. The summed E-state index contributed by atoms with van der Waals surface area (Å²) in [5.41, 5.74) is 1.48. The van der Waals surface area contributed by atoms with Crippen molar-refractivity contribution in [3.8, 4) is 17.1 Å². The van der Waals surface area contributed by atoms with Crippen LogP contribution in [0.25, 0.3) is 16.9 Å². The summed E-state index contributed by atoms with van der Waals surface area (Å²) in [5, 5.41) is 5.89. The zero-order valence-electron chi connectivity index (χ0n) is 15.6. The van der Waals surface area contributed by atoms with Gasteiger partial charge in [-0.25, -0.2) is 9.97 Å². The van der Waals surface area contributed by atoms with Crippen LogP contribution in [0, 0.1) is 0 Å². The van der Waals surface area contributed by atoms with Crippen molar-refractivity contribution in [2.24, 2.45) is 7.05 Å². The van der Waals surface area contributed by atoms with E-state index in [2.05, 4.69) is 20.4 Å². The van der Waals surface area contributed by atoms with E-state index in [1.165, 1.54) is 0 Å². The number of nitrogens with one attached hydrogen (secondary N) is 1. The van der Waals surface area contributed by atoms with Crippen LogP contribution in [0.4, 0.5) is 19.0 Å². The Morgan fingerprint density at radius 1 is 1.17 bits per heavy atom. The second-order valence-corrected chi connectivity index (χ2v) is 6.33. The van der Waals surface area contributed by atoms with E-state index in [9.17, 15) is 18.0 Å². The predicted molar refractivity (Wildman–Crippen MR) is 101 cm³/mol. The molecule has 1 amide bonds. The Morgan fingerprint density at radius 2 is 2.00 bits per heavy atom. The normalized spacial score (nSPS) is 11.6. The predicted octanol–water partition coefficient (Wildman–Crippen LogP) is 3.17. The number of ether oxygens (including phenoxy) is 1. The lowest BCUT2D eigenvalue weighted by Crippen LogP contribution is -2.20. The first-order chi connectivity index (χ1) is 14.3. The Morgan fingerprint density at radius 3 is 2.70 bits per heavy atom. The average Bonchev–Trinajstić information content (AvgIpc) is 3.30. The van der Waals surface area contributed by atoms with Gasteiger partial charge in [0.05, 0.1) is 11.9 Å². The van der Waals surface area contributed by atoms with Gasteiger partial charge in [-0.05, 0) is 18.2 Å². The maximum Gasteiger partial charge on any atom is 0.433 e. The van der Waals surface area contributed by atoms with E-state index < -0.39 is 24.4 Å². The third-order valence-corrected chi connectivity index (χ3v) is 4.24. The monoisotopic (exact) mass is 416 g/mol. The first kappa shape index (κ1) is 19.4. The van der Waals surface area contributed by atoms with Crippen LogP contribution in [-0.4, -0.2) is 36.7 Å². The van der Waals surface area contributed by atoms with Gasteiger partial charge in [-0.3, -0.25) is 13.9 Å². The number of hydrogen-bond donors (Lipinski definition) is 1. The maximum absolute atomic E-state index is 12.8. The first-order valence-corrected chi connectivity index (χ1v) is 8.73. The molecule has 0 aliphatic rings. The number of fused-ring (bicyclic) bond motifs is 1. The zero-order valence-corrected chi connectivity index (χ0v) is 15.6. The highest BCUT2D eigenvalue weighted by Crippen LogP contribution is 2.30. The van der Waals surface area contributed by atoms with Crippen molar-refractivity contribution >= 4 is 17.4 Å².